The first kappa shape index (κ1) is 21.7. The number of benzene rings is 1. The van der Waals surface area contributed by atoms with Crippen molar-refractivity contribution < 1.29 is 27.8 Å². The number of aromatic amines is 1. The van der Waals surface area contributed by atoms with Crippen LogP contribution in [-0.2, 0) is 15.7 Å². The fourth-order valence-electron chi connectivity index (χ4n) is 4.14. The third-order valence-corrected chi connectivity index (χ3v) is 6.50. The van der Waals surface area contributed by atoms with Gasteiger partial charge in [-0.3, -0.25) is 4.79 Å². The van der Waals surface area contributed by atoms with Gasteiger partial charge in [-0.15, -0.1) is 0 Å². The first-order chi connectivity index (χ1) is 15.7. The number of halogens is 3. The second kappa shape index (κ2) is 8.02. The van der Waals surface area contributed by atoms with Gasteiger partial charge >= 0.3 is 12.1 Å². The van der Waals surface area contributed by atoms with Gasteiger partial charge in [0.05, 0.1) is 34.7 Å². The molecule has 1 saturated carbocycles. The number of nitrogens with one attached hydrogen (secondary N) is 1. The highest BCUT2D eigenvalue weighted by Crippen LogP contribution is 2.46. The molecule has 2 N–H and O–H groups in total. The Morgan fingerprint density at radius 3 is 2.58 bits per heavy atom. The summed E-state index contributed by atoms with van der Waals surface area (Å²) in [5.41, 5.74) is 0.0766. The van der Waals surface area contributed by atoms with Crippen LogP contribution in [0.3, 0.4) is 0 Å². The monoisotopic (exact) mass is 460 g/mol. The number of aliphatic carboxylic acids is 1. The van der Waals surface area contributed by atoms with Gasteiger partial charge in [-0.05, 0) is 56.0 Å². The fourth-order valence-corrected chi connectivity index (χ4v) is 4.14. The zero-order valence-electron chi connectivity index (χ0n) is 17.7. The molecule has 5 rings (SSSR count). The lowest BCUT2D eigenvalue weighted by Crippen LogP contribution is -2.38. The van der Waals surface area contributed by atoms with E-state index in [1.807, 2.05) is 12.1 Å². The fraction of sp³-hybridized carbons (Fsp3) is 0.435. The number of aromatic nitrogens is 3. The van der Waals surface area contributed by atoms with Crippen molar-refractivity contribution in [3.63, 3.8) is 0 Å². The number of nitrogens with zero attached hydrogens (tertiary/aromatic N) is 3. The largest absolute Gasteiger partial charge is 0.481 e. The molecule has 2 aromatic heterocycles. The van der Waals surface area contributed by atoms with Crippen molar-refractivity contribution in [3.05, 3.63) is 42.1 Å². The molecular weight excluding hydrogens is 437 g/mol. The average molecular weight is 460 g/mol. The lowest BCUT2D eigenvalue weighted by Gasteiger charge is -2.33. The van der Waals surface area contributed by atoms with Crippen molar-refractivity contribution >= 4 is 22.8 Å². The SMILES string of the molecule is O=C(O)C1(COC2CCN(c3ccc(-c4nc5ccc(C(F)(F)F)cc5[nH]4)cn3)CC2)CC1. The van der Waals surface area contributed by atoms with Gasteiger partial charge in [-0.2, -0.15) is 13.2 Å². The Labute approximate surface area is 187 Å². The number of imidazole rings is 1. The van der Waals surface area contributed by atoms with Gasteiger partial charge in [0.25, 0.3) is 0 Å². The molecule has 10 heteroatoms. The van der Waals surface area contributed by atoms with Crippen LogP contribution in [0.4, 0.5) is 19.0 Å². The molecule has 2 aliphatic rings. The summed E-state index contributed by atoms with van der Waals surface area (Å²) in [5, 5.41) is 9.27. The highest BCUT2D eigenvalue weighted by atomic mass is 19.4. The van der Waals surface area contributed by atoms with Gasteiger partial charge < -0.3 is 19.7 Å². The molecule has 174 valence electrons. The first-order valence-corrected chi connectivity index (χ1v) is 10.9. The maximum atomic E-state index is 12.9. The van der Waals surface area contributed by atoms with Gasteiger partial charge in [-0.1, -0.05) is 0 Å². The zero-order valence-corrected chi connectivity index (χ0v) is 17.7. The molecule has 1 aliphatic heterocycles. The van der Waals surface area contributed by atoms with Crippen molar-refractivity contribution in [2.75, 3.05) is 24.6 Å². The molecule has 0 bridgehead atoms. The summed E-state index contributed by atoms with van der Waals surface area (Å²) in [5.74, 6) is 0.495. The van der Waals surface area contributed by atoms with Crippen LogP contribution in [0.5, 0.6) is 0 Å². The molecule has 0 unspecified atom stereocenters. The van der Waals surface area contributed by atoms with Crippen LogP contribution >= 0.6 is 0 Å². The van der Waals surface area contributed by atoms with Crippen molar-refractivity contribution in [1.29, 1.82) is 0 Å². The van der Waals surface area contributed by atoms with E-state index in [4.69, 9.17) is 4.74 Å². The van der Waals surface area contributed by atoms with Gasteiger partial charge in [0.2, 0.25) is 0 Å². The lowest BCUT2D eigenvalue weighted by atomic mass is 10.1. The third-order valence-electron chi connectivity index (χ3n) is 6.50. The molecule has 0 amide bonds. The number of fused-ring (bicyclic) bond motifs is 1. The molecule has 1 saturated heterocycles. The lowest BCUT2D eigenvalue weighted by molar-refractivity contribution is -0.147. The van der Waals surface area contributed by atoms with Crippen LogP contribution in [0, 0.1) is 5.41 Å². The van der Waals surface area contributed by atoms with Crippen molar-refractivity contribution in [2.45, 2.75) is 38.0 Å². The van der Waals surface area contributed by atoms with E-state index in [0.717, 1.165) is 43.9 Å². The van der Waals surface area contributed by atoms with E-state index >= 15 is 0 Å². The Hall–Kier alpha value is -3.14. The Kier molecular flexibility index (Phi) is 5.27. The summed E-state index contributed by atoms with van der Waals surface area (Å²) in [4.78, 5) is 25.3. The quantitative estimate of drug-likeness (QED) is 0.563. The van der Waals surface area contributed by atoms with Crippen LogP contribution in [-0.4, -0.2) is 51.8 Å². The predicted molar refractivity (Wildman–Crippen MR) is 115 cm³/mol. The summed E-state index contributed by atoms with van der Waals surface area (Å²) in [6.07, 6.45) is 0.266. The van der Waals surface area contributed by atoms with E-state index in [9.17, 15) is 23.1 Å². The topological polar surface area (TPSA) is 91.3 Å². The van der Waals surface area contributed by atoms with E-state index in [0.29, 0.717) is 35.3 Å². The number of hydrogen-bond acceptors (Lipinski definition) is 5. The number of rotatable bonds is 6. The first-order valence-electron chi connectivity index (χ1n) is 10.9. The minimum Gasteiger partial charge on any atom is -0.481 e. The highest BCUT2D eigenvalue weighted by Gasteiger charge is 2.51. The number of H-pyrrole nitrogens is 1. The molecule has 3 heterocycles. The maximum Gasteiger partial charge on any atom is 0.416 e. The van der Waals surface area contributed by atoms with E-state index in [-0.39, 0.29) is 12.7 Å². The molecule has 0 radical (unpaired) electrons. The van der Waals surface area contributed by atoms with Crippen LogP contribution in [0.1, 0.15) is 31.2 Å². The number of piperidine rings is 1. The zero-order chi connectivity index (χ0) is 23.2. The average Bonchev–Trinajstić information content (AvgIpc) is 3.48. The van der Waals surface area contributed by atoms with E-state index in [2.05, 4.69) is 19.9 Å². The Morgan fingerprint density at radius 1 is 1.21 bits per heavy atom. The van der Waals surface area contributed by atoms with Crippen molar-refractivity contribution in [2.24, 2.45) is 5.41 Å². The standard InChI is InChI=1S/C23H23F3N4O3/c24-23(25,26)15-2-3-17-18(11-15)29-20(28-17)14-1-4-19(27-12-14)30-9-5-16(6-10-30)33-13-22(7-8-22)21(31)32/h1-4,11-12,16H,5-10,13H2,(H,28,29)(H,31,32). The molecule has 7 nitrogen and oxygen atoms in total. The number of ether oxygens (including phenoxy) is 1. The normalized spacial score (nSPS) is 18.6. The second-order valence-electron chi connectivity index (χ2n) is 8.80. The molecule has 1 aromatic carbocycles. The summed E-state index contributed by atoms with van der Waals surface area (Å²) in [6.45, 7) is 1.78. The summed E-state index contributed by atoms with van der Waals surface area (Å²) < 4.78 is 44.7. The Bertz CT molecular complexity index is 1160. The molecule has 33 heavy (non-hydrogen) atoms. The molecule has 1 aliphatic carbocycles. The number of pyridine rings is 1. The molecular formula is C23H23F3N4O3. The summed E-state index contributed by atoms with van der Waals surface area (Å²) >= 11 is 0. The minimum atomic E-state index is -4.41. The van der Waals surface area contributed by atoms with Gasteiger partial charge in [0.15, 0.2) is 0 Å². The van der Waals surface area contributed by atoms with Crippen LogP contribution in [0.15, 0.2) is 36.5 Å². The highest BCUT2D eigenvalue weighted by molar-refractivity contribution is 5.80. The van der Waals surface area contributed by atoms with Gasteiger partial charge in [-0.25, -0.2) is 9.97 Å². The van der Waals surface area contributed by atoms with Crippen LogP contribution in [0.25, 0.3) is 22.4 Å². The number of carboxylic acids is 1. The Balaban J connectivity index is 1.21. The van der Waals surface area contributed by atoms with Gasteiger partial charge in [0, 0.05) is 24.8 Å². The number of alkyl halides is 3. The predicted octanol–water partition coefficient (Wildman–Crippen LogP) is 4.49. The second-order valence-corrected chi connectivity index (χ2v) is 8.80. The Morgan fingerprint density at radius 2 is 1.97 bits per heavy atom. The van der Waals surface area contributed by atoms with Crippen molar-refractivity contribution in [3.8, 4) is 11.4 Å². The number of anilines is 1. The number of carboxylic acid groups (broad SMARTS) is 1. The number of carbonyl (C=O) groups is 1. The van der Waals surface area contributed by atoms with E-state index in [1.54, 1.807) is 6.20 Å². The van der Waals surface area contributed by atoms with Crippen molar-refractivity contribution in [1.82, 2.24) is 15.0 Å². The molecule has 0 spiro atoms. The maximum absolute atomic E-state index is 12.9. The van der Waals surface area contributed by atoms with Crippen LogP contribution < -0.4 is 4.90 Å². The van der Waals surface area contributed by atoms with Gasteiger partial charge in [0.1, 0.15) is 11.6 Å². The smallest absolute Gasteiger partial charge is 0.416 e. The number of hydrogen-bond donors (Lipinski definition) is 2. The summed E-state index contributed by atoms with van der Waals surface area (Å²) in [6, 6.07) is 7.15. The molecule has 2 fully saturated rings. The summed E-state index contributed by atoms with van der Waals surface area (Å²) in [7, 11) is 0. The van der Waals surface area contributed by atoms with Crippen LogP contribution in [0.2, 0.25) is 0 Å². The molecule has 3 aromatic rings. The van der Waals surface area contributed by atoms with E-state index < -0.39 is 23.1 Å². The molecule has 0 atom stereocenters. The third kappa shape index (κ3) is 4.39. The minimum absolute atomic E-state index is 0.0505. The van der Waals surface area contributed by atoms with E-state index in [1.165, 1.54) is 6.07 Å².